The molecule has 19 heavy (non-hydrogen) atoms. The molecule has 0 aromatic heterocycles. The van der Waals surface area contributed by atoms with Gasteiger partial charge in [-0.3, -0.25) is 4.99 Å². The number of nitrogens with two attached hydrogens (primary N) is 1. The van der Waals surface area contributed by atoms with E-state index in [2.05, 4.69) is 35.7 Å². The molecule has 0 atom stereocenters. The van der Waals surface area contributed by atoms with Crippen molar-refractivity contribution in [3.05, 3.63) is 36.0 Å². The van der Waals surface area contributed by atoms with Crippen LogP contribution in [0.25, 0.3) is 0 Å². The Morgan fingerprint density at radius 3 is 2.32 bits per heavy atom. The first-order valence-electron chi connectivity index (χ1n) is 7.09. The summed E-state index contributed by atoms with van der Waals surface area (Å²) in [6.45, 7) is 0. The Balaban J connectivity index is 1.81. The summed E-state index contributed by atoms with van der Waals surface area (Å²) in [6, 6.07) is 8.21. The Morgan fingerprint density at radius 2 is 1.79 bits per heavy atom. The number of nitrogens with zero attached hydrogens (tertiary/aromatic N) is 1. The van der Waals surface area contributed by atoms with Crippen molar-refractivity contribution in [3.63, 3.8) is 0 Å². The number of rotatable bonds is 5. The molecule has 3 heteroatoms. The van der Waals surface area contributed by atoms with Crippen LogP contribution in [0.15, 0.2) is 41.0 Å². The minimum absolute atomic E-state index is 0.621. The summed E-state index contributed by atoms with van der Waals surface area (Å²) < 4.78 is 0. The Labute approximate surface area is 114 Å². The number of allylic oxidation sites excluding steroid dienone is 2. The van der Waals surface area contributed by atoms with Gasteiger partial charge in [-0.2, -0.15) is 0 Å². The lowest BCUT2D eigenvalue weighted by Crippen LogP contribution is -2.05. The second-order valence-corrected chi connectivity index (χ2v) is 5.53. The van der Waals surface area contributed by atoms with Crippen LogP contribution in [-0.2, 0) is 0 Å². The second kappa shape index (κ2) is 5.08. The molecule has 0 bridgehead atoms. The number of nitrogens with one attached hydrogen (secondary N) is 1. The molecule has 0 unspecified atom stereocenters. The Hall–Kier alpha value is -1.77. The summed E-state index contributed by atoms with van der Waals surface area (Å²) in [6.07, 6.45) is 7.12. The maximum absolute atomic E-state index is 6.12. The fraction of sp³-hybridized carbons (Fsp3) is 0.438. The van der Waals surface area contributed by atoms with Gasteiger partial charge in [-0.25, -0.2) is 0 Å². The van der Waals surface area contributed by atoms with Crippen molar-refractivity contribution < 1.29 is 0 Å². The quantitative estimate of drug-likeness (QED) is 0.792. The summed E-state index contributed by atoms with van der Waals surface area (Å²) in [5.41, 5.74) is 10.4. The van der Waals surface area contributed by atoms with E-state index in [0.29, 0.717) is 11.8 Å². The third kappa shape index (κ3) is 3.16. The highest BCUT2D eigenvalue weighted by molar-refractivity contribution is 6.00. The molecule has 3 nitrogen and oxygen atoms in total. The summed E-state index contributed by atoms with van der Waals surface area (Å²) in [5, 5.41) is 3.12. The molecule has 1 aromatic carbocycles. The van der Waals surface area contributed by atoms with Gasteiger partial charge in [0, 0.05) is 30.1 Å². The molecule has 0 saturated heterocycles. The van der Waals surface area contributed by atoms with Gasteiger partial charge in [0.1, 0.15) is 0 Å². The average Bonchev–Trinajstić information content (AvgIpc) is 3.31. The number of aliphatic imine (C=N–C) groups is 1. The van der Waals surface area contributed by atoms with E-state index in [1.807, 2.05) is 7.05 Å². The van der Waals surface area contributed by atoms with Crippen molar-refractivity contribution in [2.45, 2.75) is 25.7 Å². The zero-order valence-electron chi connectivity index (χ0n) is 11.4. The van der Waals surface area contributed by atoms with Crippen LogP contribution in [-0.4, -0.2) is 12.8 Å². The number of hydrogen-bond donors (Lipinski definition) is 2. The third-order valence-corrected chi connectivity index (χ3v) is 3.77. The molecule has 0 spiro atoms. The van der Waals surface area contributed by atoms with Crippen LogP contribution in [0.2, 0.25) is 0 Å². The van der Waals surface area contributed by atoms with E-state index in [1.165, 1.54) is 31.4 Å². The molecule has 3 rings (SSSR count). The highest BCUT2D eigenvalue weighted by Gasteiger charge is 2.29. The minimum atomic E-state index is 0.621. The monoisotopic (exact) mass is 255 g/mol. The summed E-state index contributed by atoms with van der Waals surface area (Å²) in [5.74, 6) is 1.25. The smallest absolute Gasteiger partial charge is 0.0634 e. The number of anilines is 1. The Bertz CT molecular complexity index is 505. The summed E-state index contributed by atoms with van der Waals surface area (Å²) >= 11 is 0. The van der Waals surface area contributed by atoms with Crippen LogP contribution in [0.4, 0.5) is 11.4 Å². The molecule has 3 N–H and O–H groups in total. The molecule has 1 aromatic rings. The molecule has 2 saturated carbocycles. The molecule has 0 radical (unpaired) electrons. The maximum atomic E-state index is 6.12. The van der Waals surface area contributed by atoms with Gasteiger partial charge in [0.25, 0.3) is 0 Å². The van der Waals surface area contributed by atoms with E-state index >= 15 is 0 Å². The topological polar surface area (TPSA) is 50.4 Å². The van der Waals surface area contributed by atoms with Crippen LogP contribution in [0.3, 0.4) is 0 Å². The van der Waals surface area contributed by atoms with Crippen LogP contribution >= 0.6 is 0 Å². The second-order valence-electron chi connectivity index (χ2n) is 5.53. The molecule has 2 aliphatic carbocycles. The molecular formula is C16H21N3. The van der Waals surface area contributed by atoms with E-state index in [0.717, 1.165) is 17.1 Å². The van der Waals surface area contributed by atoms with E-state index < -0.39 is 0 Å². The van der Waals surface area contributed by atoms with Crippen LogP contribution in [0.5, 0.6) is 0 Å². The highest BCUT2D eigenvalue weighted by Crippen LogP contribution is 2.37. The van der Waals surface area contributed by atoms with E-state index in [9.17, 15) is 0 Å². The standard InChI is InChI=1S/C16H21N3/c1-18-13-6-8-14(9-7-13)19-16(12-4-5-12)10-15(17)11-2-3-11/h6-12,18H,2-5,17H2,1H3. The summed E-state index contributed by atoms with van der Waals surface area (Å²) in [4.78, 5) is 4.78. The Morgan fingerprint density at radius 1 is 1.16 bits per heavy atom. The van der Waals surface area contributed by atoms with Gasteiger partial charge in [0.05, 0.1) is 5.69 Å². The van der Waals surface area contributed by atoms with Gasteiger partial charge in [0.2, 0.25) is 0 Å². The molecule has 2 aliphatic rings. The van der Waals surface area contributed by atoms with Crippen molar-refractivity contribution >= 4 is 17.1 Å². The summed E-state index contributed by atoms with van der Waals surface area (Å²) in [7, 11) is 1.92. The molecule has 0 amide bonds. The molecular weight excluding hydrogens is 234 g/mol. The van der Waals surface area contributed by atoms with Crippen molar-refractivity contribution in [1.82, 2.24) is 0 Å². The van der Waals surface area contributed by atoms with Crippen LogP contribution < -0.4 is 11.1 Å². The van der Waals surface area contributed by atoms with Gasteiger partial charge in [-0.15, -0.1) is 0 Å². The maximum Gasteiger partial charge on any atom is 0.0634 e. The van der Waals surface area contributed by atoms with Crippen LogP contribution in [0, 0.1) is 11.8 Å². The molecule has 2 fully saturated rings. The van der Waals surface area contributed by atoms with Crippen molar-refractivity contribution in [1.29, 1.82) is 0 Å². The molecule has 0 aliphatic heterocycles. The van der Waals surface area contributed by atoms with E-state index in [4.69, 9.17) is 10.7 Å². The van der Waals surface area contributed by atoms with E-state index in [-0.39, 0.29) is 0 Å². The predicted molar refractivity (Wildman–Crippen MR) is 80.8 cm³/mol. The van der Waals surface area contributed by atoms with Gasteiger partial charge in [0.15, 0.2) is 0 Å². The Kier molecular flexibility index (Phi) is 3.28. The minimum Gasteiger partial charge on any atom is -0.402 e. The SMILES string of the molecule is CNc1ccc(N=C(C=C(N)C2CC2)C2CC2)cc1. The lowest BCUT2D eigenvalue weighted by atomic mass is 10.1. The van der Waals surface area contributed by atoms with Gasteiger partial charge < -0.3 is 11.1 Å². The van der Waals surface area contributed by atoms with Gasteiger partial charge in [-0.05, 0) is 61.9 Å². The normalized spacial score (nSPS) is 20.5. The predicted octanol–water partition coefficient (Wildman–Crippen LogP) is 3.46. The fourth-order valence-electron chi connectivity index (χ4n) is 2.18. The largest absolute Gasteiger partial charge is 0.402 e. The highest BCUT2D eigenvalue weighted by atomic mass is 14.8. The third-order valence-electron chi connectivity index (χ3n) is 3.77. The first-order valence-corrected chi connectivity index (χ1v) is 7.09. The zero-order chi connectivity index (χ0) is 13.2. The van der Waals surface area contributed by atoms with Gasteiger partial charge in [-0.1, -0.05) is 0 Å². The molecule has 100 valence electrons. The first-order chi connectivity index (χ1) is 9.26. The van der Waals surface area contributed by atoms with Gasteiger partial charge >= 0.3 is 0 Å². The lowest BCUT2D eigenvalue weighted by molar-refractivity contribution is 0.979. The van der Waals surface area contributed by atoms with E-state index in [1.54, 1.807) is 0 Å². The first kappa shape index (κ1) is 12.3. The van der Waals surface area contributed by atoms with Crippen molar-refractivity contribution in [2.75, 3.05) is 12.4 Å². The van der Waals surface area contributed by atoms with Crippen molar-refractivity contribution in [2.24, 2.45) is 22.6 Å². The molecule has 0 heterocycles. The zero-order valence-corrected chi connectivity index (χ0v) is 11.4. The average molecular weight is 255 g/mol. The van der Waals surface area contributed by atoms with Crippen molar-refractivity contribution in [3.8, 4) is 0 Å². The fourth-order valence-corrected chi connectivity index (χ4v) is 2.18. The lowest BCUT2D eigenvalue weighted by Gasteiger charge is -2.04. The van der Waals surface area contributed by atoms with Crippen LogP contribution in [0.1, 0.15) is 25.7 Å². The number of hydrogen-bond acceptors (Lipinski definition) is 3. The number of benzene rings is 1.